The van der Waals surface area contributed by atoms with Crippen LogP contribution in [0.25, 0.3) is 11.0 Å². The van der Waals surface area contributed by atoms with Crippen molar-refractivity contribution in [2.75, 3.05) is 18.9 Å². The van der Waals surface area contributed by atoms with Crippen molar-refractivity contribution in [2.24, 2.45) is 0 Å². The highest BCUT2D eigenvalue weighted by Crippen LogP contribution is 2.29. The predicted molar refractivity (Wildman–Crippen MR) is 126 cm³/mol. The molecule has 0 spiro atoms. The van der Waals surface area contributed by atoms with E-state index in [2.05, 4.69) is 32.2 Å². The van der Waals surface area contributed by atoms with Crippen LogP contribution in [0, 0.1) is 27.7 Å². The van der Waals surface area contributed by atoms with Crippen LogP contribution in [0.5, 0.6) is 0 Å². The van der Waals surface area contributed by atoms with Gasteiger partial charge in [0, 0.05) is 23.7 Å². The zero-order valence-electron chi connectivity index (χ0n) is 19.6. The van der Waals surface area contributed by atoms with Crippen LogP contribution < -0.4 is 5.32 Å². The topological polar surface area (TPSA) is 62.6 Å². The van der Waals surface area contributed by atoms with Crippen molar-refractivity contribution in [3.63, 3.8) is 0 Å². The van der Waals surface area contributed by atoms with Gasteiger partial charge in [0.15, 0.2) is 0 Å². The normalized spacial score (nSPS) is 11.2. The molecule has 0 saturated heterocycles. The van der Waals surface area contributed by atoms with Gasteiger partial charge >= 0.3 is 0 Å². The first-order valence-corrected chi connectivity index (χ1v) is 10.7. The van der Waals surface area contributed by atoms with Crippen LogP contribution in [-0.4, -0.2) is 30.3 Å². The van der Waals surface area contributed by atoms with E-state index in [1.165, 1.54) is 16.0 Å². The van der Waals surface area contributed by atoms with Crippen molar-refractivity contribution in [2.45, 2.75) is 53.9 Å². The monoisotopic (exact) mass is 420 g/mol. The molecule has 1 aromatic heterocycles. The summed E-state index contributed by atoms with van der Waals surface area (Å²) >= 11 is 0. The Labute approximate surface area is 184 Å². The van der Waals surface area contributed by atoms with Crippen molar-refractivity contribution < 1.29 is 14.0 Å². The van der Waals surface area contributed by atoms with E-state index in [1.807, 2.05) is 39.0 Å². The molecule has 2 aromatic carbocycles. The summed E-state index contributed by atoms with van der Waals surface area (Å²) in [7, 11) is 1.66. The second-order valence-electron chi connectivity index (χ2n) is 8.87. The molecule has 0 atom stereocenters. The molecule has 0 aliphatic rings. The third kappa shape index (κ3) is 4.98. The second-order valence-corrected chi connectivity index (χ2v) is 8.87. The number of fused-ring (bicyclic) bond motifs is 1. The number of carbonyl (C=O) groups is 2. The molecular weight excluding hydrogens is 388 g/mol. The molecule has 3 rings (SSSR count). The minimum absolute atomic E-state index is 0.00226. The van der Waals surface area contributed by atoms with Gasteiger partial charge < -0.3 is 14.6 Å². The molecule has 31 heavy (non-hydrogen) atoms. The van der Waals surface area contributed by atoms with Crippen LogP contribution in [-0.2, 0) is 16.0 Å². The standard InChI is InChI=1S/C26H32N2O3/c1-15(2)21-12-22-20(14-31-23(22)10-17(21)4)11-25(30)28(7)13-24(29)27-26-18(5)8-16(3)9-19(26)6/h8-10,12,14-15H,11,13H2,1-7H3,(H,27,29). The summed E-state index contributed by atoms with van der Waals surface area (Å²) in [5.74, 6) is 0.0606. The summed E-state index contributed by atoms with van der Waals surface area (Å²) in [6, 6.07) is 8.22. The van der Waals surface area contributed by atoms with E-state index in [1.54, 1.807) is 13.3 Å². The minimum atomic E-state index is -0.208. The van der Waals surface area contributed by atoms with Crippen LogP contribution in [0.1, 0.15) is 53.1 Å². The Bertz CT molecular complexity index is 1120. The number of nitrogens with one attached hydrogen (secondary N) is 1. The number of benzene rings is 2. The zero-order chi connectivity index (χ0) is 22.9. The van der Waals surface area contributed by atoms with Crippen molar-refractivity contribution in [3.05, 3.63) is 63.9 Å². The molecule has 0 radical (unpaired) electrons. The summed E-state index contributed by atoms with van der Waals surface area (Å²) < 4.78 is 5.69. The van der Waals surface area contributed by atoms with Crippen LogP contribution in [0.15, 0.2) is 34.9 Å². The van der Waals surface area contributed by atoms with Gasteiger partial charge in [-0.1, -0.05) is 31.5 Å². The van der Waals surface area contributed by atoms with E-state index in [4.69, 9.17) is 4.42 Å². The van der Waals surface area contributed by atoms with E-state index in [0.29, 0.717) is 5.92 Å². The lowest BCUT2D eigenvalue weighted by molar-refractivity contribution is -0.132. The predicted octanol–water partition coefficient (Wildman–Crippen LogP) is 5.43. The number of hydrogen-bond acceptors (Lipinski definition) is 3. The first-order valence-electron chi connectivity index (χ1n) is 10.7. The van der Waals surface area contributed by atoms with Crippen molar-refractivity contribution in [1.29, 1.82) is 0 Å². The lowest BCUT2D eigenvalue weighted by Crippen LogP contribution is -2.36. The smallest absolute Gasteiger partial charge is 0.243 e. The van der Waals surface area contributed by atoms with Gasteiger partial charge in [-0.25, -0.2) is 0 Å². The number of carbonyl (C=O) groups excluding carboxylic acids is 2. The lowest BCUT2D eigenvalue weighted by Gasteiger charge is -2.18. The highest BCUT2D eigenvalue weighted by Gasteiger charge is 2.18. The Balaban J connectivity index is 1.70. The number of hydrogen-bond donors (Lipinski definition) is 1. The zero-order valence-corrected chi connectivity index (χ0v) is 19.6. The molecule has 1 heterocycles. The average molecular weight is 421 g/mol. The van der Waals surface area contributed by atoms with Gasteiger partial charge in [-0.05, 0) is 68.0 Å². The molecule has 0 fully saturated rings. The average Bonchev–Trinajstić information content (AvgIpc) is 3.05. The molecule has 164 valence electrons. The van der Waals surface area contributed by atoms with E-state index < -0.39 is 0 Å². The summed E-state index contributed by atoms with van der Waals surface area (Å²) in [6.07, 6.45) is 1.85. The van der Waals surface area contributed by atoms with Crippen LogP contribution in [0.4, 0.5) is 5.69 Å². The number of rotatable bonds is 6. The Morgan fingerprint density at radius 3 is 2.26 bits per heavy atom. The molecule has 5 nitrogen and oxygen atoms in total. The van der Waals surface area contributed by atoms with E-state index >= 15 is 0 Å². The van der Waals surface area contributed by atoms with Gasteiger partial charge in [0.05, 0.1) is 19.2 Å². The van der Waals surface area contributed by atoms with Gasteiger partial charge in [0.1, 0.15) is 5.58 Å². The fourth-order valence-corrected chi connectivity index (χ4v) is 4.16. The number of likely N-dealkylation sites (N-methyl/N-ethyl adjacent to an activating group) is 1. The molecule has 0 aliphatic carbocycles. The highest BCUT2D eigenvalue weighted by molar-refractivity contribution is 5.96. The summed E-state index contributed by atoms with van der Waals surface area (Å²) in [4.78, 5) is 26.8. The number of amides is 2. The Kier molecular flexibility index (Phi) is 6.54. The Morgan fingerprint density at radius 2 is 1.65 bits per heavy atom. The van der Waals surface area contributed by atoms with Gasteiger partial charge in [-0.3, -0.25) is 9.59 Å². The van der Waals surface area contributed by atoms with Crippen molar-refractivity contribution in [1.82, 2.24) is 4.90 Å². The summed E-state index contributed by atoms with van der Waals surface area (Å²) in [5, 5.41) is 3.92. The summed E-state index contributed by atoms with van der Waals surface area (Å²) in [6.45, 7) is 12.4. The van der Waals surface area contributed by atoms with E-state index in [9.17, 15) is 9.59 Å². The van der Waals surface area contributed by atoms with Crippen molar-refractivity contribution in [3.8, 4) is 0 Å². The maximum absolute atomic E-state index is 12.8. The molecule has 0 aliphatic heterocycles. The second kappa shape index (κ2) is 8.96. The Morgan fingerprint density at radius 1 is 1.00 bits per heavy atom. The fourth-order valence-electron chi connectivity index (χ4n) is 4.16. The third-order valence-electron chi connectivity index (χ3n) is 5.75. The quantitative estimate of drug-likeness (QED) is 0.578. The van der Waals surface area contributed by atoms with E-state index in [0.717, 1.165) is 38.9 Å². The van der Waals surface area contributed by atoms with Gasteiger partial charge in [0.25, 0.3) is 0 Å². The Hall–Kier alpha value is -3.08. The number of furan rings is 1. The highest BCUT2D eigenvalue weighted by atomic mass is 16.3. The van der Waals surface area contributed by atoms with Crippen LogP contribution in [0.2, 0.25) is 0 Å². The molecule has 0 bridgehead atoms. The first kappa shape index (κ1) is 22.6. The fraction of sp³-hybridized carbons (Fsp3) is 0.385. The van der Waals surface area contributed by atoms with Gasteiger partial charge in [0.2, 0.25) is 11.8 Å². The maximum Gasteiger partial charge on any atom is 0.243 e. The number of nitrogens with zero attached hydrogens (tertiary/aromatic N) is 1. The van der Waals surface area contributed by atoms with Gasteiger partial charge in [-0.15, -0.1) is 0 Å². The number of aryl methyl sites for hydroxylation is 4. The maximum atomic E-state index is 12.8. The molecule has 3 aromatic rings. The van der Waals surface area contributed by atoms with Gasteiger partial charge in [-0.2, -0.15) is 0 Å². The molecule has 0 unspecified atom stereocenters. The first-order chi connectivity index (χ1) is 14.6. The molecule has 2 amide bonds. The van der Waals surface area contributed by atoms with Crippen molar-refractivity contribution >= 4 is 28.5 Å². The number of anilines is 1. The minimum Gasteiger partial charge on any atom is -0.464 e. The van der Waals surface area contributed by atoms with Crippen LogP contribution in [0.3, 0.4) is 0 Å². The summed E-state index contributed by atoms with van der Waals surface area (Å²) in [5.41, 5.74) is 8.07. The molecule has 5 heteroatoms. The third-order valence-corrected chi connectivity index (χ3v) is 5.75. The molecule has 0 saturated carbocycles. The largest absolute Gasteiger partial charge is 0.464 e. The SMILES string of the molecule is Cc1cc(C)c(NC(=O)CN(C)C(=O)Cc2coc3cc(C)c(C(C)C)cc23)c(C)c1. The lowest BCUT2D eigenvalue weighted by atomic mass is 9.95. The molecular formula is C26H32N2O3. The van der Waals surface area contributed by atoms with Crippen LogP contribution >= 0.6 is 0 Å². The van der Waals surface area contributed by atoms with E-state index in [-0.39, 0.29) is 24.8 Å². The molecule has 1 N–H and O–H groups in total.